The Hall–Kier alpha value is -4.53. The van der Waals surface area contributed by atoms with E-state index in [9.17, 15) is 10.2 Å². The van der Waals surface area contributed by atoms with Crippen LogP contribution in [0.1, 0.15) is 125 Å². The molecule has 0 aromatic heterocycles. The molecule has 4 heterocycles. The molecule has 0 spiro atoms. The van der Waals surface area contributed by atoms with Crippen LogP contribution in [0.25, 0.3) is 0 Å². The van der Waals surface area contributed by atoms with E-state index in [0.29, 0.717) is 18.8 Å². The zero-order chi connectivity index (χ0) is 55.2. The zero-order valence-corrected chi connectivity index (χ0v) is 49.8. The van der Waals surface area contributed by atoms with Gasteiger partial charge in [0.1, 0.15) is 30.5 Å². The van der Waals surface area contributed by atoms with E-state index in [1.807, 2.05) is 6.07 Å². The monoisotopic (exact) mass is 1090 g/mol. The minimum atomic E-state index is -3.29. The number of fused-ring (bicyclic) bond motifs is 2. The van der Waals surface area contributed by atoms with Crippen LogP contribution in [0.4, 0.5) is 0 Å². The Kier molecular flexibility index (Phi) is 18.7. The van der Waals surface area contributed by atoms with Crippen molar-refractivity contribution in [3.8, 4) is 0 Å². The van der Waals surface area contributed by atoms with Crippen molar-refractivity contribution in [3.05, 3.63) is 187 Å². The van der Waals surface area contributed by atoms with Gasteiger partial charge in [0, 0.05) is 18.9 Å². The van der Waals surface area contributed by atoms with Crippen LogP contribution >= 0.6 is 0 Å². The van der Waals surface area contributed by atoms with Crippen LogP contribution in [-0.4, -0.2) is 101 Å². The Morgan fingerprint density at radius 3 is 1.60 bits per heavy atom. The number of rotatable bonds is 21. The highest BCUT2D eigenvalue weighted by Crippen LogP contribution is 2.49. The van der Waals surface area contributed by atoms with Crippen molar-refractivity contribution in [1.29, 1.82) is 0 Å². The van der Waals surface area contributed by atoms with Crippen LogP contribution in [0, 0.1) is 5.92 Å². The lowest BCUT2D eigenvalue weighted by atomic mass is 9.84. The minimum absolute atomic E-state index is 0.0240. The predicted octanol–water partition coefficient (Wildman–Crippen LogP) is 11.5. The molecule has 10 heteroatoms. The molecule has 4 saturated heterocycles. The SMILES string of the molecule is C=C=C(C)C[C@@H](C)CC[C@@H]1OC(CC(c2ccccc2)C(O)CC2O[C@H]3[C@@H](O[Si](c4ccccc4)(c4ccccc4)C(C)(C)C)[C@H]4O[C@@H](CCO)CC[C@@H]4O[C@H]3[C@H]2O[Si](c2ccccc2)(c2ccccc2)C(C)(C)C)CC1=C. The summed E-state index contributed by atoms with van der Waals surface area (Å²) in [6, 6.07) is 53.6. The van der Waals surface area contributed by atoms with E-state index >= 15 is 0 Å². The maximum absolute atomic E-state index is 13.3. The highest BCUT2D eigenvalue weighted by Gasteiger charge is 2.64. The van der Waals surface area contributed by atoms with Gasteiger partial charge < -0.3 is 38.0 Å². The molecule has 5 aromatic rings. The molecule has 0 saturated carbocycles. The van der Waals surface area contributed by atoms with E-state index in [1.54, 1.807) is 0 Å². The Bertz CT molecular complexity index is 2660. The quantitative estimate of drug-likeness (QED) is 0.0426. The summed E-state index contributed by atoms with van der Waals surface area (Å²) in [6.07, 6.45) is 1.44. The number of aliphatic hydroxyl groups is 2. The second kappa shape index (κ2) is 25.1. The number of hydrogen-bond acceptors (Lipinski definition) is 8. The molecular formula is C68H88O8Si2. The third-order valence-corrected chi connectivity index (χ3v) is 27.6. The van der Waals surface area contributed by atoms with Crippen molar-refractivity contribution in [2.45, 2.75) is 196 Å². The van der Waals surface area contributed by atoms with Crippen molar-refractivity contribution < 1.29 is 38.0 Å². The first-order chi connectivity index (χ1) is 37.5. The number of ether oxygens (including phenoxy) is 4. The summed E-state index contributed by atoms with van der Waals surface area (Å²) in [5, 5.41) is 27.5. The van der Waals surface area contributed by atoms with E-state index in [0.717, 1.165) is 70.4 Å². The first kappa shape index (κ1) is 58.1. The predicted molar refractivity (Wildman–Crippen MR) is 320 cm³/mol. The smallest absolute Gasteiger partial charge is 0.261 e. The van der Waals surface area contributed by atoms with Gasteiger partial charge in [-0.25, -0.2) is 0 Å². The fourth-order valence-electron chi connectivity index (χ4n) is 13.7. The van der Waals surface area contributed by atoms with Gasteiger partial charge in [-0.3, -0.25) is 0 Å². The molecular weight excluding hydrogens is 1000 g/mol. The maximum atomic E-state index is 13.3. The molecule has 4 aliphatic heterocycles. The number of aliphatic hydroxyl groups excluding tert-OH is 2. The van der Waals surface area contributed by atoms with Crippen LogP contribution < -0.4 is 20.7 Å². The average molecular weight is 1090 g/mol. The highest BCUT2D eigenvalue weighted by molar-refractivity contribution is 7.00. The van der Waals surface area contributed by atoms with Crippen LogP contribution in [0.5, 0.6) is 0 Å². The van der Waals surface area contributed by atoms with Crippen LogP contribution in [0.3, 0.4) is 0 Å². The van der Waals surface area contributed by atoms with Crippen LogP contribution in [0.15, 0.2) is 182 Å². The zero-order valence-electron chi connectivity index (χ0n) is 47.8. The van der Waals surface area contributed by atoms with Gasteiger partial charge in [0.2, 0.25) is 0 Å². The Morgan fingerprint density at radius 1 is 0.628 bits per heavy atom. The molecule has 4 aliphatic rings. The summed E-state index contributed by atoms with van der Waals surface area (Å²) < 4.78 is 46.1. The van der Waals surface area contributed by atoms with Gasteiger partial charge in [-0.1, -0.05) is 213 Å². The fraction of sp³-hybridized carbons (Fsp3) is 0.485. The molecule has 4 fully saturated rings. The van der Waals surface area contributed by atoms with Gasteiger partial charge in [0.25, 0.3) is 16.6 Å². The molecule has 4 unspecified atom stereocenters. The topological polar surface area (TPSA) is 95.8 Å². The molecule has 8 nitrogen and oxygen atoms in total. The molecule has 0 aliphatic carbocycles. The molecule has 78 heavy (non-hydrogen) atoms. The summed E-state index contributed by atoms with van der Waals surface area (Å²) in [5.74, 6) is 0.204. The lowest BCUT2D eigenvalue weighted by Crippen LogP contribution is -2.73. The van der Waals surface area contributed by atoms with Gasteiger partial charge in [0.15, 0.2) is 0 Å². The van der Waals surface area contributed by atoms with Crippen molar-refractivity contribution >= 4 is 37.4 Å². The normalized spacial score (nSPS) is 26.8. The number of allylic oxidation sites excluding steroid dienone is 1. The van der Waals surface area contributed by atoms with Gasteiger partial charge in [-0.2, -0.15) is 0 Å². The van der Waals surface area contributed by atoms with Crippen molar-refractivity contribution in [2.24, 2.45) is 5.92 Å². The van der Waals surface area contributed by atoms with Gasteiger partial charge >= 0.3 is 0 Å². The third kappa shape index (κ3) is 12.2. The largest absolute Gasteiger partial charge is 0.399 e. The first-order valence-electron chi connectivity index (χ1n) is 29.0. The first-order valence-corrected chi connectivity index (χ1v) is 32.9. The Morgan fingerprint density at radius 2 is 1.12 bits per heavy atom. The highest BCUT2D eigenvalue weighted by atomic mass is 28.4. The van der Waals surface area contributed by atoms with Crippen molar-refractivity contribution in [1.82, 2.24) is 0 Å². The third-order valence-electron chi connectivity index (χ3n) is 17.6. The van der Waals surface area contributed by atoms with Crippen LogP contribution in [0.2, 0.25) is 10.1 Å². The second-order valence-corrected chi connectivity index (χ2v) is 33.6. The lowest BCUT2D eigenvalue weighted by molar-refractivity contribution is -0.255. The van der Waals surface area contributed by atoms with E-state index in [4.69, 9.17) is 27.8 Å². The molecule has 0 radical (unpaired) electrons. The molecule has 13 atom stereocenters. The summed E-state index contributed by atoms with van der Waals surface area (Å²) in [7, 11) is -6.55. The van der Waals surface area contributed by atoms with Crippen LogP contribution in [-0.2, 0) is 27.8 Å². The second-order valence-electron chi connectivity index (χ2n) is 25.1. The van der Waals surface area contributed by atoms with E-state index in [-0.39, 0.29) is 53.4 Å². The molecule has 9 rings (SSSR count). The summed E-state index contributed by atoms with van der Waals surface area (Å²) >= 11 is 0. The molecule has 0 amide bonds. The van der Waals surface area contributed by atoms with E-state index < -0.39 is 59.4 Å². The molecule has 2 N–H and O–H groups in total. The minimum Gasteiger partial charge on any atom is -0.399 e. The number of benzene rings is 5. The van der Waals surface area contributed by atoms with Crippen molar-refractivity contribution in [3.63, 3.8) is 0 Å². The summed E-state index contributed by atoms with van der Waals surface area (Å²) in [5.41, 5.74) is 6.43. The van der Waals surface area contributed by atoms with E-state index in [1.165, 1.54) is 5.57 Å². The maximum Gasteiger partial charge on any atom is 0.261 e. The van der Waals surface area contributed by atoms with Gasteiger partial charge in [-0.15, -0.1) is 5.73 Å². The van der Waals surface area contributed by atoms with Gasteiger partial charge in [-0.05, 0) is 112 Å². The lowest BCUT2D eigenvalue weighted by Gasteiger charge is -2.53. The summed E-state index contributed by atoms with van der Waals surface area (Å²) in [6.45, 7) is 26.7. The Balaban J connectivity index is 1.15. The molecule has 416 valence electrons. The Labute approximate surface area is 469 Å². The number of hydrogen-bond donors (Lipinski definition) is 2. The van der Waals surface area contributed by atoms with E-state index in [2.05, 4.69) is 220 Å². The standard InChI is InChI=1S/C68H88O8Si2/c1-11-47(2)43-48(3)37-39-59-49(4)44-52(71-59)45-57(50-27-17-12-18-28-50)58(70)46-61-63(75-77(67(5,6)7,53-29-19-13-20-30-53)54-31-21-14-22-32-54)64-65(74-61)66(62-60(73-64)40-38-51(72-62)41-42-69)76-78(68(8,9)10,55-33-23-15-24-34-55)56-35-25-16-26-36-56/h12-36,48,51-52,57-66,69-70H,1,4,37-46H2,2-3,5-10H3/t48-,51+,52?,57?,58?,59-,60-,61?,62-,63-,64-,65+,66-/m0/s1. The van der Waals surface area contributed by atoms with Crippen molar-refractivity contribution in [2.75, 3.05) is 6.61 Å². The summed E-state index contributed by atoms with van der Waals surface area (Å²) in [4.78, 5) is 0. The molecule has 0 bridgehead atoms. The average Bonchev–Trinajstić information content (AvgIpc) is 3.99. The molecule has 5 aromatic carbocycles. The van der Waals surface area contributed by atoms with Gasteiger partial charge in [0.05, 0.1) is 36.6 Å². The fourth-order valence-corrected chi connectivity index (χ4v) is 23.1.